The van der Waals surface area contributed by atoms with Gasteiger partial charge in [0.15, 0.2) is 0 Å². The molecule has 6 nitrogen and oxygen atoms in total. The zero-order chi connectivity index (χ0) is 15.2. The van der Waals surface area contributed by atoms with Crippen LogP contribution in [0.5, 0.6) is 0 Å². The summed E-state index contributed by atoms with van der Waals surface area (Å²) >= 11 is 0. The Bertz CT molecular complexity index is 625. The van der Waals surface area contributed by atoms with E-state index in [4.69, 9.17) is 0 Å². The van der Waals surface area contributed by atoms with Crippen LogP contribution in [-0.4, -0.2) is 33.9 Å². The van der Waals surface area contributed by atoms with Gasteiger partial charge >= 0.3 is 0 Å². The maximum Gasteiger partial charge on any atom is 0.270 e. The van der Waals surface area contributed by atoms with E-state index >= 15 is 0 Å². The lowest BCUT2D eigenvalue weighted by atomic mass is 10.1. The van der Waals surface area contributed by atoms with E-state index in [0.29, 0.717) is 18.2 Å². The van der Waals surface area contributed by atoms with Crippen LogP contribution in [0.4, 0.5) is 5.95 Å². The van der Waals surface area contributed by atoms with Crippen LogP contribution >= 0.6 is 0 Å². The molecule has 22 heavy (non-hydrogen) atoms. The number of piperidine rings is 1. The van der Waals surface area contributed by atoms with Crippen molar-refractivity contribution in [3.8, 4) is 0 Å². The normalized spacial score (nSPS) is 14.6. The van der Waals surface area contributed by atoms with Gasteiger partial charge in [-0.05, 0) is 37.5 Å². The molecule has 2 aromatic rings. The smallest absolute Gasteiger partial charge is 0.270 e. The molecule has 0 radical (unpaired) electrons. The highest BCUT2D eigenvalue weighted by Gasteiger charge is 2.15. The van der Waals surface area contributed by atoms with E-state index in [2.05, 4.69) is 25.2 Å². The second-order valence-corrected chi connectivity index (χ2v) is 5.29. The molecule has 2 aromatic heterocycles. The fourth-order valence-electron chi connectivity index (χ4n) is 2.49. The molecule has 1 saturated heterocycles. The predicted molar refractivity (Wildman–Crippen MR) is 83.5 cm³/mol. The molecule has 0 atom stereocenters. The quantitative estimate of drug-likeness (QED) is 0.931. The van der Waals surface area contributed by atoms with Gasteiger partial charge in [-0.2, -0.15) is 0 Å². The molecule has 0 aliphatic carbocycles. The first-order valence-electron chi connectivity index (χ1n) is 7.59. The Morgan fingerprint density at radius 3 is 2.73 bits per heavy atom. The lowest BCUT2D eigenvalue weighted by molar-refractivity contribution is 0.0945. The van der Waals surface area contributed by atoms with Crippen LogP contribution in [0.1, 0.15) is 35.4 Å². The highest BCUT2D eigenvalue weighted by atomic mass is 16.1. The molecule has 1 aliphatic rings. The number of rotatable bonds is 4. The Balaban J connectivity index is 1.64. The molecule has 0 bridgehead atoms. The summed E-state index contributed by atoms with van der Waals surface area (Å²) < 4.78 is 0. The van der Waals surface area contributed by atoms with E-state index in [1.165, 1.54) is 6.42 Å². The summed E-state index contributed by atoms with van der Waals surface area (Å²) in [5, 5.41) is 2.84. The second-order valence-electron chi connectivity index (χ2n) is 5.29. The van der Waals surface area contributed by atoms with E-state index in [1.807, 2.05) is 18.2 Å². The van der Waals surface area contributed by atoms with Crippen LogP contribution in [0, 0.1) is 0 Å². The number of nitrogens with zero attached hydrogens (tertiary/aromatic N) is 4. The number of aromatic nitrogens is 3. The largest absolute Gasteiger partial charge is 0.345 e. The van der Waals surface area contributed by atoms with Crippen molar-refractivity contribution in [1.29, 1.82) is 0 Å². The fraction of sp³-hybridized carbons (Fsp3) is 0.375. The Labute approximate surface area is 129 Å². The minimum absolute atomic E-state index is 0.202. The van der Waals surface area contributed by atoms with E-state index < -0.39 is 0 Å². The Kier molecular flexibility index (Phi) is 4.58. The topological polar surface area (TPSA) is 71.0 Å². The summed E-state index contributed by atoms with van der Waals surface area (Å²) in [5.41, 5.74) is 1.22. The van der Waals surface area contributed by atoms with Crippen LogP contribution < -0.4 is 10.2 Å². The third kappa shape index (κ3) is 3.58. The lowest BCUT2D eigenvalue weighted by Gasteiger charge is -2.26. The summed E-state index contributed by atoms with van der Waals surface area (Å²) in [6, 6.07) is 7.26. The number of nitrogens with one attached hydrogen (secondary N) is 1. The summed E-state index contributed by atoms with van der Waals surface area (Å²) in [7, 11) is 0. The number of hydrogen-bond acceptors (Lipinski definition) is 5. The molecule has 3 rings (SSSR count). The van der Waals surface area contributed by atoms with Crippen molar-refractivity contribution < 1.29 is 4.79 Å². The van der Waals surface area contributed by atoms with Gasteiger partial charge in [0.25, 0.3) is 5.91 Å². The van der Waals surface area contributed by atoms with Gasteiger partial charge in [0.2, 0.25) is 5.95 Å². The van der Waals surface area contributed by atoms with Crippen LogP contribution in [0.15, 0.2) is 36.7 Å². The number of anilines is 1. The Hall–Kier alpha value is -2.50. The van der Waals surface area contributed by atoms with Gasteiger partial charge in [-0.15, -0.1) is 0 Å². The standard InChI is InChI=1S/C16H19N5O/c22-15(19-12-13-6-2-3-8-17-13)14-7-9-18-16(20-14)21-10-4-1-5-11-21/h2-3,6-9H,1,4-5,10-12H2,(H,19,22). The fourth-order valence-corrected chi connectivity index (χ4v) is 2.49. The molecule has 0 saturated carbocycles. The summed E-state index contributed by atoms with van der Waals surface area (Å²) in [5.74, 6) is 0.441. The summed E-state index contributed by atoms with van der Waals surface area (Å²) in [6.45, 7) is 2.31. The SMILES string of the molecule is O=C(NCc1ccccn1)c1ccnc(N2CCCCC2)n1. The molecule has 0 unspecified atom stereocenters. The summed E-state index contributed by atoms with van der Waals surface area (Å²) in [4.78, 5) is 27.2. The molecule has 1 amide bonds. The van der Waals surface area contributed by atoms with Gasteiger partial charge in [-0.1, -0.05) is 6.07 Å². The second kappa shape index (κ2) is 6.98. The molecule has 0 spiro atoms. The first kappa shape index (κ1) is 14.4. The van der Waals surface area contributed by atoms with Crippen LogP contribution in [0.3, 0.4) is 0 Å². The van der Waals surface area contributed by atoms with Gasteiger partial charge in [-0.3, -0.25) is 9.78 Å². The highest BCUT2D eigenvalue weighted by molar-refractivity contribution is 5.92. The third-order valence-electron chi connectivity index (χ3n) is 3.67. The minimum atomic E-state index is -0.202. The number of amides is 1. The number of pyridine rings is 1. The molecule has 0 aromatic carbocycles. The first-order chi connectivity index (χ1) is 10.8. The van der Waals surface area contributed by atoms with Gasteiger partial charge < -0.3 is 10.2 Å². The Morgan fingerprint density at radius 2 is 1.95 bits per heavy atom. The molecular formula is C16H19N5O. The summed E-state index contributed by atoms with van der Waals surface area (Å²) in [6.07, 6.45) is 6.91. The predicted octanol–water partition coefficient (Wildman–Crippen LogP) is 1.79. The van der Waals surface area contributed by atoms with E-state index in [-0.39, 0.29) is 5.91 Å². The molecule has 1 aliphatic heterocycles. The molecule has 1 N–H and O–H groups in total. The van der Waals surface area contributed by atoms with E-state index in [0.717, 1.165) is 31.6 Å². The van der Waals surface area contributed by atoms with Crippen molar-refractivity contribution in [1.82, 2.24) is 20.3 Å². The number of carbonyl (C=O) groups excluding carboxylic acids is 1. The monoisotopic (exact) mass is 297 g/mol. The minimum Gasteiger partial charge on any atom is -0.345 e. The zero-order valence-electron chi connectivity index (χ0n) is 12.4. The van der Waals surface area contributed by atoms with Crippen molar-refractivity contribution >= 4 is 11.9 Å². The van der Waals surface area contributed by atoms with Gasteiger partial charge in [0, 0.05) is 25.5 Å². The maximum absolute atomic E-state index is 12.2. The van der Waals surface area contributed by atoms with Crippen molar-refractivity contribution in [3.63, 3.8) is 0 Å². The van der Waals surface area contributed by atoms with Crippen molar-refractivity contribution in [2.24, 2.45) is 0 Å². The first-order valence-corrected chi connectivity index (χ1v) is 7.59. The highest BCUT2D eigenvalue weighted by Crippen LogP contribution is 2.15. The maximum atomic E-state index is 12.2. The average molecular weight is 297 g/mol. The molecule has 114 valence electrons. The third-order valence-corrected chi connectivity index (χ3v) is 3.67. The van der Waals surface area contributed by atoms with Crippen molar-refractivity contribution in [2.45, 2.75) is 25.8 Å². The van der Waals surface area contributed by atoms with E-state index in [1.54, 1.807) is 18.5 Å². The number of carbonyl (C=O) groups is 1. The van der Waals surface area contributed by atoms with Crippen molar-refractivity contribution in [3.05, 3.63) is 48.0 Å². The number of hydrogen-bond donors (Lipinski definition) is 1. The van der Waals surface area contributed by atoms with Crippen LogP contribution in [-0.2, 0) is 6.54 Å². The van der Waals surface area contributed by atoms with Crippen LogP contribution in [0.25, 0.3) is 0 Å². The lowest BCUT2D eigenvalue weighted by Crippen LogP contribution is -2.32. The van der Waals surface area contributed by atoms with Crippen molar-refractivity contribution in [2.75, 3.05) is 18.0 Å². The van der Waals surface area contributed by atoms with Crippen LogP contribution in [0.2, 0.25) is 0 Å². The average Bonchev–Trinajstić information content (AvgIpc) is 2.61. The van der Waals surface area contributed by atoms with Gasteiger partial charge in [-0.25, -0.2) is 9.97 Å². The molecule has 3 heterocycles. The molecule has 6 heteroatoms. The van der Waals surface area contributed by atoms with Gasteiger partial charge in [0.05, 0.1) is 12.2 Å². The molecule has 1 fully saturated rings. The Morgan fingerprint density at radius 1 is 1.09 bits per heavy atom. The molecular weight excluding hydrogens is 278 g/mol. The van der Waals surface area contributed by atoms with E-state index in [9.17, 15) is 4.79 Å². The van der Waals surface area contributed by atoms with Gasteiger partial charge in [0.1, 0.15) is 5.69 Å². The zero-order valence-corrected chi connectivity index (χ0v) is 12.4.